The molecule has 0 aliphatic carbocycles. The zero-order chi connectivity index (χ0) is 19.4. The molecular formula is C21H18N4O2. The number of carbonyl (C=O) groups excluding carboxylic acids is 1. The van der Waals surface area contributed by atoms with Crippen molar-refractivity contribution in [2.75, 3.05) is 24.7 Å². The van der Waals surface area contributed by atoms with Crippen LogP contribution in [0, 0.1) is 11.3 Å². The maximum Gasteiger partial charge on any atom is 0.153 e. The van der Waals surface area contributed by atoms with Crippen molar-refractivity contribution in [2.24, 2.45) is 0 Å². The van der Waals surface area contributed by atoms with Crippen LogP contribution in [0.3, 0.4) is 0 Å². The molecule has 3 aromatic rings. The fourth-order valence-electron chi connectivity index (χ4n) is 2.81. The summed E-state index contributed by atoms with van der Waals surface area (Å²) in [5.41, 5.74) is 8.91. The Bertz CT molecular complexity index is 1080. The summed E-state index contributed by atoms with van der Waals surface area (Å²) in [5.74, 6) is 0.864. The Morgan fingerprint density at radius 1 is 1.33 bits per heavy atom. The fourth-order valence-corrected chi connectivity index (χ4v) is 2.81. The van der Waals surface area contributed by atoms with E-state index in [2.05, 4.69) is 16.9 Å². The molecule has 3 N–H and O–H groups in total. The molecule has 0 aliphatic rings. The SMILES string of the molecule is C=C(C#N)CNc1c(OC)ccc2ccc(-c3cnc(N)c(C=O)c3)cc12. The highest BCUT2D eigenvalue weighted by atomic mass is 16.5. The number of anilines is 2. The van der Waals surface area contributed by atoms with E-state index in [0.717, 1.165) is 27.6 Å². The van der Waals surface area contributed by atoms with Gasteiger partial charge < -0.3 is 15.8 Å². The molecular weight excluding hydrogens is 340 g/mol. The molecule has 27 heavy (non-hydrogen) atoms. The van der Waals surface area contributed by atoms with Crippen molar-refractivity contribution in [3.63, 3.8) is 0 Å². The Morgan fingerprint density at radius 3 is 2.81 bits per heavy atom. The van der Waals surface area contributed by atoms with E-state index in [0.29, 0.717) is 29.7 Å². The molecule has 0 saturated heterocycles. The number of pyridine rings is 1. The minimum Gasteiger partial charge on any atom is -0.495 e. The van der Waals surface area contributed by atoms with Gasteiger partial charge in [0.25, 0.3) is 0 Å². The third-order valence-corrected chi connectivity index (χ3v) is 4.25. The van der Waals surface area contributed by atoms with Crippen molar-refractivity contribution in [3.05, 3.63) is 60.3 Å². The topological polar surface area (TPSA) is 101 Å². The summed E-state index contributed by atoms with van der Waals surface area (Å²) in [6.07, 6.45) is 2.32. The van der Waals surface area contributed by atoms with Gasteiger partial charge in [0.2, 0.25) is 0 Å². The predicted octanol–water partition coefficient (Wildman–Crippen LogP) is 3.80. The van der Waals surface area contributed by atoms with E-state index in [4.69, 9.17) is 15.7 Å². The molecule has 0 spiro atoms. The van der Waals surface area contributed by atoms with Crippen molar-refractivity contribution < 1.29 is 9.53 Å². The average Bonchev–Trinajstić information content (AvgIpc) is 2.71. The second-order valence-electron chi connectivity index (χ2n) is 5.96. The van der Waals surface area contributed by atoms with E-state index in [1.165, 1.54) is 0 Å². The Morgan fingerprint density at radius 2 is 2.11 bits per heavy atom. The minimum atomic E-state index is 0.202. The van der Waals surface area contributed by atoms with Crippen LogP contribution in [0.1, 0.15) is 10.4 Å². The third-order valence-electron chi connectivity index (χ3n) is 4.25. The highest BCUT2D eigenvalue weighted by Gasteiger charge is 2.11. The van der Waals surface area contributed by atoms with Crippen molar-refractivity contribution in [2.45, 2.75) is 0 Å². The summed E-state index contributed by atoms with van der Waals surface area (Å²) in [6.45, 7) is 4.01. The number of methoxy groups -OCH3 is 1. The lowest BCUT2D eigenvalue weighted by atomic mass is 10.00. The maximum atomic E-state index is 11.2. The summed E-state index contributed by atoms with van der Waals surface area (Å²) in [5, 5.41) is 14.1. The summed E-state index contributed by atoms with van der Waals surface area (Å²) in [4.78, 5) is 15.2. The molecule has 2 aromatic carbocycles. The number of nitrogen functional groups attached to an aromatic ring is 1. The van der Waals surface area contributed by atoms with Gasteiger partial charge in [-0.2, -0.15) is 5.26 Å². The summed E-state index contributed by atoms with van der Waals surface area (Å²) in [7, 11) is 1.59. The van der Waals surface area contributed by atoms with Crippen LogP contribution in [0.15, 0.2) is 54.7 Å². The number of hydrogen-bond acceptors (Lipinski definition) is 6. The largest absolute Gasteiger partial charge is 0.495 e. The van der Waals surface area contributed by atoms with Crippen LogP contribution in [0.5, 0.6) is 5.75 Å². The van der Waals surface area contributed by atoms with Crippen molar-refractivity contribution in [1.29, 1.82) is 5.26 Å². The summed E-state index contributed by atoms with van der Waals surface area (Å²) in [6, 6.07) is 13.5. The third kappa shape index (κ3) is 3.58. The van der Waals surface area contributed by atoms with E-state index < -0.39 is 0 Å². The van der Waals surface area contributed by atoms with Crippen molar-refractivity contribution >= 4 is 28.6 Å². The first kappa shape index (κ1) is 18.0. The van der Waals surface area contributed by atoms with Crippen LogP contribution in [0.25, 0.3) is 21.9 Å². The second-order valence-corrected chi connectivity index (χ2v) is 5.96. The van der Waals surface area contributed by atoms with Gasteiger partial charge in [-0.05, 0) is 29.1 Å². The molecule has 6 heteroatoms. The van der Waals surface area contributed by atoms with Gasteiger partial charge in [-0.1, -0.05) is 24.8 Å². The highest BCUT2D eigenvalue weighted by molar-refractivity contribution is 5.99. The molecule has 0 aliphatic heterocycles. The average molecular weight is 358 g/mol. The first-order valence-corrected chi connectivity index (χ1v) is 8.21. The molecule has 0 saturated carbocycles. The van der Waals surface area contributed by atoms with Gasteiger partial charge in [-0.15, -0.1) is 0 Å². The quantitative estimate of drug-likeness (QED) is 0.513. The maximum absolute atomic E-state index is 11.2. The van der Waals surface area contributed by atoms with Crippen LogP contribution in [-0.2, 0) is 0 Å². The number of hydrogen-bond donors (Lipinski definition) is 2. The first-order valence-electron chi connectivity index (χ1n) is 8.21. The van der Waals surface area contributed by atoms with Gasteiger partial charge in [0, 0.05) is 29.3 Å². The minimum absolute atomic E-state index is 0.202. The molecule has 6 nitrogen and oxygen atoms in total. The molecule has 134 valence electrons. The van der Waals surface area contributed by atoms with Crippen molar-refractivity contribution in [1.82, 2.24) is 4.98 Å². The van der Waals surface area contributed by atoms with Gasteiger partial charge in [0.15, 0.2) is 6.29 Å². The Hall–Kier alpha value is -3.85. The van der Waals surface area contributed by atoms with Crippen LogP contribution < -0.4 is 15.8 Å². The summed E-state index contributed by atoms with van der Waals surface area (Å²) < 4.78 is 5.47. The monoisotopic (exact) mass is 358 g/mol. The van der Waals surface area contributed by atoms with E-state index in [1.807, 2.05) is 36.4 Å². The normalized spacial score (nSPS) is 10.2. The fraction of sp³-hybridized carbons (Fsp3) is 0.0952. The Labute approximate surface area is 156 Å². The van der Waals surface area contributed by atoms with Crippen LogP contribution in [0.4, 0.5) is 11.5 Å². The Balaban J connectivity index is 2.13. The predicted molar refractivity (Wildman–Crippen MR) is 107 cm³/mol. The molecule has 0 bridgehead atoms. The number of ether oxygens (including phenoxy) is 1. The standard InChI is InChI=1S/C21H18N4O2/c1-13(9-22)10-24-20-18-8-15(4-3-14(18)5-6-19(20)27-2)16-7-17(12-26)21(23)25-11-16/h3-8,11-12,24H,1,10H2,2H3,(H2,23,25). The smallest absolute Gasteiger partial charge is 0.153 e. The molecule has 3 rings (SSSR count). The number of nitriles is 1. The van der Waals surface area contributed by atoms with Gasteiger partial charge in [-0.3, -0.25) is 4.79 Å². The lowest BCUT2D eigenvalue weighted by Crippen LogP contribution is -2.05. The Kier molecular flexibility index (Phi) is 5.04. The van der Waals surface area contributed by atoms with Gasteiger partial charge in [0.1, 0.15) is 11.6 Å². The number of nitrogens with zero attached hydrogens (tertiary/aromatic N) is 2. The number of aromatic nitrogens is 1. The number of fused-ring (bicyclic) bond motifs is 1. The molecule has 0 radical (unpaired) electrons. The molecule has 1 aromatic heterocycles. The van der Waals surface area contributed by atoms with E-state index >= 15 is 0 Å². The molecule has 0 unspecified atom stereocenters. The second kappa shape index (κ2) is 7.58. The van der Waals surface area contributed by atoms with E-state index in [1.54, 1.807) is 19.4 Å². The zero-order valence-corrected chi connectivity index (χ0v) is 14.8. The first-order chi connectivity index (χ1) is 13.1. The number of aldehydes is 1. The number of nitrogens with two attached hydrogens (primary N) is 1. The van der Waals surface area contributed by atoms with Crippen molar-refractivity contribution in [3.8, 4) is 22.9 Å². The number of carbonyl (C=O) groups is 1. The van der Waals surface area contributed by atoms with Gasteiger partial charge in [-0.25, -0.2) is 4.98 Å². The van der Waals surface area contributed by atoms with Gasteiger partial charge in [0.05, 0.1) is 24.4 Å². The lowest BCUT2D eigenvalue weighted by molar-refractivity contribution is 0.112. The van der Waals surface area contributed by atoms with E-state index in [-0.39, 0.29) is 5.82 Å². The molecule has 1 heterocycles. The van der Waals surface area contributed by atoms with Gasteiger partial charge >= 0.3 is 0 Å². The molecule has 0 fully saturated rings. The van der Waals surface area contributed by atoms with Crippen LogP contribution >= 0.6 is 0 Å². The van der Waals surface area contributed by atoms with Crippen LogP contribution in [-0.4, -0.2) is 24.9 Å². The number of rotatable bonds is 6. The van der Waals surface area contributed by atoms with Crippen LogP contribution in [0.2, 0.25) is 0 Å². The lowest BCUT2D eigenvalue weighted by Gasteiger charge is -2.15. The molecule has 0 amide bonds. The number of nitrogens with one attached hydrogen (secondary N) is 1. The van der Waals surface area contributed by atoms with E-state index in [9.17, 15) is 4.79 Å². The summed E-state index contributed by atoms with van der Waals surface area (Å²) >= 11 is 0. The highest BCUT2D eigenvalue weighted by Crippen LogP contribution is 2.36. The molecule has 0 atom stereocenters. The zero-order valence-electron chi connectivity index (χ0n) is 14.8. The number of benzene rings is 2.